The molecule has 3 saturated heterocycles. The van der Waals surface area contributed by atoms with Crippen LogP contribution in [0.15, 0.2) is 30.3 Å². The van der Waals surface area contributed by atoms with Crippen LogP contribution < -0.4 is 5.32 Å². The number of carbonyl (C=O) groups is 1. The maximum Gasteiger partial charge on any atom is 0.268 e. The van der Waals surface area contributed by atoms with E-state index >= 15 is 0 Å². The van der Waals surface area contributed by atoms with E-state index in [-0.39, 0.29) is 5.91 Å². The highest BCUT2D eigenvalue weighted by Gasteiger charge is 2.60. The summed E-state index contributed by atoms with van der Waals surface area (Å²) in [6, 6.07) is 10.6. The molecule has 1 aromatic carbocycles. The van der Waals surface area contributed by atoms with Gasteiger partial charge in [-0.15, -0.1) is 0 Å². The van der Waals surface area contributed by atoms with E-state index in [2.05, 4.69) is 22.3 Å². The maximum absolute atomic E-state index is 12.9. The number of carbonyl (C=O) groups excluding carboxylic acids is 1. The van der Waals surface area contributed by atoms with Gasteiger partial charge >= 0.3 is 0 Å². The van der Waals surface area contributed by atoms with Gasteiger partial charge in [-0.2, -0.15) is 0 Å². The monoisotopic (exact) mass is 309 g/mol. The van der Waals surface area contributed by atoms with Crippen LogP contribution in [0.5, 0.6) is 0 Å². The number of nitrogens with one attached hydrogen (secondary N) is 1. The lowest BCUT2D eigenvalue weighted by molar-refractivity contribution is -0.00157. The zero-order chi connectivity index (χ0) is 15.6. The molecule has 6 rings (SSSR count). The fraction of sp³-hybridized carbons (Fsp3) is 0.526. The Labute approximate surface area is 136 Å². The lowest BCUT2D eigenvalue weighted by Crippen LogP contribution is -2.65. The average molecular weight is 309 g/mol. The average Bonchev–Trinajstić information content (AvgIpc) is 3.29. The zero-order valence-electron chi connectivity index (χ0n) is 13.6. The molecule has 1 saturated carbocycles. The van der Waals surface area contributed by atoms with Gasteiger partial charge < -0.3 is 9.88 Å². The lowest BCUT2D eigenvalue weighted by atomic mass is 9.77. The molecule has 1 aromatic heterocycles. The predicted molar refractivity (Wildman–Crippen MR) is 90.4 cm³/mol. The Bertz CT molecular complexity index is 781. The summed E-state index contributed by atoms with van der Waals surface area (Å²) in [4.78, 5) is 15.6. The van der Waals surface area contributed by atoms with Gasteiger partial charge in [0.1, 0.15) is 5.69 Å². The SMILES string of the molecule is Cn1c(C(=O)N[C@H]2C3CCN(CC3)C23CC3)cc2ccccc21. The molecule has 4 nitrogen and oxygen atoms in total. The molecule has 4 fully saturated rings. The summed E-state index contributed by atoms with van der Waals surface area (Å²) in [6.07, 6.45) is 4.98. The van der Waals surface area contributed by atoms with Crippen molar-refractivity contribution in [3.05, 3.63) is 36.0 Å². The summed E-state index contributed by atoms with van der Waals surface area (Å²) in [5.74, 6) is 0.759. The fourth-order valence-electron chi connectivity index (χ4n) is 5.04. The van der Waals surface area contributed by atoms with Crippen molar-refractivity contribution in [2.24, 2.45) is 13.0 Å². The van der Waals surface area contributed by atoms with Crippen molar-refractivity contribution in [3.8, 4) is 0 Å². The third-order valence-electron chi connectivity index (χ3n) is 6.45. The van der Waals surface area contributed by atoms with E-state index < -0.39 is 0 Å². The van der Waals surface area contributed by atoms with Crippen molar-refractivity contribution in [1.29, 1.82) is 0 Å². The van der Waals surface area contributed by atoms with E-state index in [1.165, 1.54) is 38.8 Å². The number of nitrogens with zero attached hydrogens (tertiary/aromatic N) is 2. The van der Waals surface area contributed by atoms with Crippen molar-refractivity contribution < 1.29 is 4.79 Å². The summed E-state index contributed by atoms with van der Waals surface area (Å²) in [5.41, 5.74) is 2.19. The molecular weight excluding hydrogens is 286 g/mol. The number of aryl methyl sites for hydroxylation is 1. The molecule has 4 heterocycles. The van der Waals surface area contributed by atoms with Crippen LogP contribution >= 0.6 is 0 Å². The number of piperidine rings is 3. The van der Waals surface area contributed by atoms with Crippen LogP contribution in [0.4, 0.5) is 0 Å². The topological polar surface area (TPSA) is 37.3 Å². The first kappa shape index (κ1) is 13.6. The summed E-state index contributed by atoms with van der Waals surface area (Å²) in [6.45, 7) is 2.45. The van der Waals surface area contributed by atoms with Gasteiger partial charge in [0.2, 0.25) is 0 Å². The number of aromatic nitrogens is 1. The number of benzene rings is 1. The van der Waals surface area contributed by atoms with Crippen molar-refractivity contribution in [2.75, 3.05) is 13.1 Å². The van der Waals surface area contributed by atoms with Crippen molar-refractivity contribution in [2.45, 2.75) is 37.3 Å². The second-order valence-electron chi connectivity index (χ2n) is 7.53. The third-order valence-corrected chi connectivity index (χ3v) is 6.45. The molecule has 2 aromatic rings. The Morgan fingerprint density at radius 2 is 1.96 bits per heavy atom. The van der Waals surface area contributed by atoms with Crippen LogP contribution in [-0.4, -0.2) is 40.0 Å². The number of hydrogen-bond donors (Lipinski definition) is 1. The normalized spacial score (nSPS) is 30.7. The fourth-order valence-corrected chi connectivity index (χ4v) is 5.04. The molecular formula is C19H23N3O. The molecule has 4 aliphatic rings. The minimum atomic E-state index is 0.0914. The quantitative estimate of drug-likeness (QED) is 0.925. The van der Waals surface area contributed by atoms with E-state index in [9.17, 15) is 4.79 Å². The molecule has 3 aliphatic heterocycles. The van der Waals surface area contributed by atoms with Crippen LogP contribution in [0.25, 0.3) is 10.9 Å². The first-order valence-electron chi connectivity index (χ1n) is 8.79. The lowest BCUT2D eigenvalue weighted by Gasteiger charge is -2.52. The minimum Gasteiger partial charge on any atom is -0.346 e. The molecule has 23 heavy (non-hydrogen) atoms. The third kappa shape index (κ3) is 1.84. The second kappa shape index (κ2) is 4.60. The number of hydrogen-bond acceptors (Lipinski definition) is 2. The molecule has 1 spiro atoms. The molecule has 1 amide bonds. The maximum atomic E-state index is 12.9. The highest BCUT2D eigenvalue weighted by atomic mass is 16.2. The van der Waals surface area contributed by atoms with Crippen LogP contribution in [-0.2, 0) is 7.05 Å². The number of amides is 1. The highest BCUT2D eigenvalue weighted by molar-refractivity contribution is 5.99. The van der Waals surface area contributed by atoms with Crippen LogP contribution in [0.3, 0.4) is 0 Å². The number of fused-ring (bicyclic) bond motifs is 3. The first-order chi connectivity index (χ1) is 11.2. The molecule has 1 aliphatic carbocycles. The Kier molecular flexibility index (Phi) is 2.72. The van der Waals surface area contributed by atoms with Gasteiger partial charge in [0.05, 0.1) is 6.04 Å². The molecule has 2 bridgehead atoms. The first-order valence-corrected chi connectivity index (χ1v) is 8.79. The van der Waals surface area contributed by atoms with Gasteiger partial charge in [0.25, 0.3) is 5.91 Å². The Hall–Kier alpha value is -1.81. The van der Waals surface area contributed by atoms with Gasteiger partial charge in [0, 0.05) is 23.5 Å². The standard InChI is InChI=1S/C19H23N3O/c1-21-15-5-3-2-4-14(15)12-16(21)18(23)20-17-13-6-10-22(11-7-13)19(17)8-9-19/h2-5,12-13,17H,6-11H2,1H3,(H,20,23)/t17-/m0/s1. The predicted octanol–water partition coefficient (Wildman–Crippen LogP) is 2.53. The van der Waals surface area contributed by atoms with Gasteiger partial charge in [-0.05, 0) is 56.8 Å². The minimum absolute atomic E-state index is 0.0914. The Balaban J connectivity index is 1.46. The molecule has 120 valence electrons. The summed E-state index contributed by atoms with van der Waals surface area (Å²) in [5, 5.41) is 4.55. The number of para-hydroxylation sites is 1. The van der Waals surface area contributed by atoms with E-state index in [4.69, 9.17) is 0 Å². The molecule has 4 heteroatoms. The van der Waals surface area contributed by atoms with Crippen molar-refractivity contribution in [1.82, 2.24) is 14.8 Å². The Morgan fingerprint density at radius 3 is 2.65 bits per heavy atom. The van der Waals surface area contributed by atoms with Gasteiger partial charge in [-0.25, -0.2) is 0 Å². The van der Waals surface area contributed by atoms with Crippen molar-refractivity contribution in [3.63, 3.8) is 0 Å². The molecule has 1 atom stereocenters. The number of rotatable bonds is 2. The van der Waals surface area contributed by atoms with Gasteiger partial charge in [-0.1, -0.05) is 18.2 Å². The summed E-state index contributed by atoms with van der Waals surface area (Å²) in [7, 11) is 1.99. The molecule has 0 radical (unpaired) electrons. The van der Waals surface area contributed by atoms with Crippen LogP contribution in [0.1, 0.15) is 36.2 Å². The largest absolute Gasteiger partial charge is 0.346 e. The van der Waals surface area contributed by atoms with E-state index in [1.54, 1.807) is 0 Å². The molecule has 0 unspecified atom stereocenters. The van der Waals surface area contributed by atoms with Gasteiger partial charge in [-0.3, -0.25) is 9.69 Å². The molecule has 1 N–H and O–H groups in total. The Morgan fingerprint density at radius 1 is 1.22 bits per heavy atom. The van der Waals surface area contributed by atoms with E-state index in [0.29, 0.717) is 17.5 Å². The van der Waals surface area contributed by atoms with E-state index in [1.807, 2.05) is 29.8 Å². The zero-order valence-corrected chi connectivity index (χ0v) is 13.6. The van der Waals surface area contributed by atoms with Gasteiger partial charge in [0.15, 0.2) is 0 Å². The highest BCUT2D eigenvalue weighted by Crippen LogP contribution is 2.53. The van der Waals surface area contributed by atoms with Crippen LogP contribution in [0.2, 0.25) is 0 Å². The smallest absolute Gasteiger partial charge is 0.268 e. The van der Waals surface area contributed by atoms with E-state index in [0.717, 1.165) is 16.6 Å². The van der Waals surface area contributed by atoms with Crippen molar-refractivity contribution >= 4 is 16.8 Å². The second-order valence-corrected chi connectivity index (χ2v) is 7.53. The summed E-state index contributed by atoms with van der Waals surface area (Å²) >= 11 is 0. The summed E-state index contributed by atoms with van der Waals surface area (Å²) < 4.78 is 2.02. The van der Waals surface area contributed by atoms with Crippen LogP contribution in [0, 0.1) is 5.92 Å².